The van der Waals surface area contributed by atoms with Gasteiger partial charge in [-0.25, -0.2) is 8.42 Å². The van der Waals surface area contributed by atoms with Gasteiger partial charge in [0.15, 0.2) is 21.2 Å². The van der Waals surface area contributed by atoms with Crippen LogP contribution in [0.1, 0.15) is 0 Å². The zero-order chi connectivity index (χ0) is 22.8. The number of halogens is 2. The van der Waals surface area contributed by atoms with Crippen molar-refractivity contribution in [3.8, 4) is 5.75 Å². The molecule has 0 radical (unpaired) electrons. The van der Waals surface area contributed by atoms with Gasteiger partial charge in [0.05, 0.1) is 27.2 Å². The molecule has 0 aliphatic carbocycles. The van der Waals surface area contributed by atoms with Crippen molar-refractivity contribution in [2.75, 3.05) is 20.0 Å². The maximum atomic E-state index is 12.4. The standard InChI is InChI=1S/C19H16Cl2N2O6S2/c1-28-18(25)9-23-14-5-4-12(31(2,26)27)8-16(14)30-19(23)22-17(24)10-29-15-6-3-11(20)7-13(15)21/h3-8H,9-10H2,1-2H3. The number of carbonyl (C=O) groups excluding carboxylic acids is 2. The Morgan fingerprint density at radius 2 is 1.90 bits per heavy atom. The van der Waals surface area contributed by atoms with E-state index in [2.05, 4.69) is 4.99 Å². The number of thiazole rings is 1. The van der Waals surface area contributed by atoms with E-state index >= 15 is 0 Å². The number of ether oxygens (including phenoxy) is 2. The summed E-state index contributed by atoms with van der Waals surface area (Å²) in [5.41, 5.74) is 0.538. The van der Waals surface area contributed by atoms with Gasteiger partial charge < -0.3 is 14.0 Å². The monoisotopic (exact) mass is 502 g/mol. The normalized spacial score (nSPS) is 12.2. The highest BCUT2D eigenvalue weighted by molar-refractivity contribution is 7.90. The lowest BCUT2D eigenvalue weighted by Crippen LogP contribution is -2.23. The Morgan fingerprint density at radius 1 is 1.16 bits per heavy atom. The first-order valence-corrected chi connectivity index (χ1v) is 12.1. The zero-order valence-corrected chi connectivity index (χ0v) is 19.4. The molecule has 0 saturated heterocycles. The van der Waals surface area contributed by atoms with Crippen LogP contribution >= 0.6 is 34.5 Å². The van der Waals surface area contributed by atoms with Crippen LogP contribution in [0.25, 0.3) is 10.2 Å². The molecule has 0 unspecified atom stereocenters. The van der Waals surface area contributed by atoms with Crippen molar-refractivity contribution >= 4 is 66.5 Å². The molecule has 0 saturated carbocycles. The fraction of sp³-hybridized carbons (Fsp3) is 0.211. The largest absolute Gasteiger partial charge is 0.482 e. The summed E-state index contributed by atoms with van der Waals surface area (Å²) < 4.78 is 35.8. The van der Waals surface area contributed by atoms with Crippen molar-refractivity contribution < 1.29 is 27.5 Å². The first kappa shape index (κ1) is 23.3. The van der Waals surface area contributed by atoms with Crippen LogP contribution in [-0.4, -0.2) is 44.8 Å². The Kier molecular flexibility index (Phi) is 7.05. The minimum Gasteiger partial charge on any atom is -0.482 e. The van der Waals surface area contributed by atoms with Crippen molar-refractivity contribution in [3.05, 3.63) is 51.2 Å². The van der Waals surface area contributed by atoms with Crippen LogP contribution in [-0.2, 0) is 30.7 Å². The van der Waals surface area contributed by atoms with Crippen molar-refractivity contribution in [2.45, 2.75) is 11.4 Å². The number of hydrogen-bond donors (Lipinski definition) is 0. The number of esters is 1. The van der Waals surface area contributed by atoms with Crippen LogP contribution in [0.5, 0.6) is 5.75 Å². The van der Waals surface area contributed by atoms with Crippen molar-refractivity contribution in [1.29, 1.82) is 0 Å². The van der Waals surface area contributed by atoms with Gasteiger partial charge in [0.2, 0.25) is 0 Å². The Bertz CT molecular complexity index is 1350. The van der Waals surface area contributed by atoms with Gasteiger partial charge in [0.1, 0.15) is 12.3 Å². The van der Waals surface area contributed by atoms with Gasteiger partial charge in [-0.3, -0.25) is 9.59 Å². The van der Waals surface area contributed by atoms with E-state index in [9.17, 15) is 18.0 Å². The second-order valence-corrected chi connectivity index (χ2v) is 10.2. The molecule has 1 aromatic heterocycles. The molecule has 3 aromatic rings. The topological polar surface area (TPSA) is 104 Å². The summed E-state index contributed by atoms with van der Waals surface area (Å²) in [5.74, 6) is -0.907. The Morgan fingerprint density at radius 3 is 2.55 bits per heavy atom. The van der Waals surface area contributed by atoms with Crippen LogP contribution < -0.4 is 9.54 Å². The van der Waals surface area contributed by atoms with Crippen LogP contribution in [0.4, 0.5) is 0 Å². The number of aromatic nitrogens is 1. The summed E-state index contributed by atoms with van der Waals surface area (Å²) in [5, 5.41) is 0.673. The van der Waals surface area contributed by atoms with Crippen molar-refractivity contribution in [2.24, 2.45) is 4.99 Å². The fourth-order valence-corrected chi connectivity index (χ4v) is 4.86. The molecular formula is C19H16Cl2N2O6S2. The van der Waals surface area contributed by atoms with Gasteiger partial charge in [-0.15, -0.1) is 0 Å². The van der Waals surface area contributed by atoms with Crippen LogP contribution in [0.15, 0.2) is 46.3 Å². The van der Waals surface area contributed by atoms with E-state index in [-0.39, 0.29) is 27.0 Å². The van der Waals surface area contributed by atoms with Crippen LogP contribution in [0.2, 0.25) is 10.0 Å². The smallest absolute Gasteiger partial charge is 0.325 e. The maximum absolute atomic E-state index is 12.4. The predicted molar refractivity (Wildman–Crippen MR) is 117 cm³/mol. The van der Waals surface area contributed by atoms with Crippen molar-refractivity contribution in [3.63, 3.8) is 0 Å². The number of sulfone groups is 1. The highest BCUT2D eigenvalue weighted by atomic mass is 35.5. The molecule has 2 aromatic carbocycles. The minimum absolute atomic E-state index is 0.116. The SMILES string of the molecule is COC(=O)Cn1c(=NC(=O)COc2ccc(Cl)cc2Cl)sc2cc(S(C)(=O)=O)ccc21. The molecule has 0 bridgehead atoms. The Balaban J connectivity index is 1.97. The number of methoxy groups -OCH3 is 1. The lowest BCUT2D eigenvalue weighted by atomic mass is 10.3. The van der Waals surface area contributed by atoms with Crippen LogP contribution in [0.3, 0.4) is 0 Å². The van der Waals surface area contributed by atoms with Crippen LogP contribution in [0, 0.1) is 0 Å². The molecule has 0 N–H and O–H groups in total. The highest BCUT2D eigenvalue weighted by Gasteiger charge is 2.15. The summed E-state index contributed by atoms with van der Waals surface area (Å²) in [7, 11) is -2.19. The third kappa shape index (κ3) is 5.65. The summed E-state index contributed by atoms with van der Waals surface area (Å²) in [6.07, 6.45) is 1.10. The Hall–Kier alpha value is -2.40. The first-order valence-electron chi connectivity index (χ1n) is 8.64. The van der Waals surface area contributed by atoms with Crippen molar-refractivity contribution in [1.82, 2.24) is 4.57 Å². The number of rotatable bonds is 6. The molecule has 3 rings (SSSR count). The molecule has 164 valence electrons. The first-order chi connectivity index (χ1) is 14.6. The molecule has 1 amide bonds. The summed E-state index contributed by atoms with van der Waals surface area (Å²) >= 11 is 12.9. The maximum Gasteiger partial charge on any atom is 0.325 e. The van der Waals surface area contributed by atoms with Gasteiger partial charge in [-0.1, -0.05) is 34.5 Å². The zero-order valence-electron chi connectivity index (χ0n) is 16.3. The molecule has 0 fully saturated rings. The molecule has 0 aliphatic rings. The molecule has 0 spiro atoms. The molecule has 1 heterocycles. The van der Waals surface area contributed by atoms with E-state index in [1.54, 1.807) is 12.1 Å². The summed E-state index contributed by atoms with van der Waals surface area (Å²) in [4.78, 5) is 28.6. The Labute approximate surface area is 191 Å². The van der Waals surface area contributed by atoms with E-state index in [0.717, 1.165) is 17.6 Å². The second kappa shape index (κ2) is 9.39. The number of amides is 1. The van der Waals surface area contributed by atoms with E-state index in [0.29, 0.717) is 15.2 Å². The van der Waals surface area contributed by atoms with Gasteiger partial charge in [-0.05, 0) is 36.4 Å². The summed E-state index contributed by atoms with van der Waals surface area (Å²) in [6.45, 7) is -0.604. The second-order valence-electron chi connectivity index (χ2n) is 6.32. The fourth-order valence-electron chi connectivity index (χ4n) is 2.59. The number of fused-ring (bicyclic) bond motifs is 1. The number of hydrogen-bond acceptors (Lipinski definition) is 7. The lowest BCUT2D eigenvalue weighted by Gasteiger charge is -2.06. The number of nitrogens with zero attached hydrogens (tertiary/aromatic N) is 2. The lowest BCUT2D eigenvalue weighted by molar-refractivity contribution is -0.141. The van der Waals surface area contributed by atoms with Gasteiger partial charge in [0, 0.05) is 11.3 Å². The highest BCUT2D eigenvalue weighted by Crippen LogP contribution is 2.27. The van der Waals surface area contributed by atoms with Gasteiger partial charge in [0.25, 0.3) is 5.91 Å². The van der Waals surface area contributed by atoms with E-state index < -0.39 is 28.3 Å². The number of benzene rings is 2. The van der Waals surface area contributed by atoms with E-state index in [1.165, 1.54) is 35.9 Å². The van der Waals surface area contributed by atoms with E-state index in [4.69, 9.17) is 32.7 Å². The molecule has 0 atom stereocenters. The quantitative estimate of drug-likeness (QED) is 0.479. The summed E-state index contributed by atoms with van der Waals surface area (Å²) in [6, 6.07) is 9.03. The average Bonchev–Trinajstić information content (AvgIpc) is 3.02. The van der Waals surface area contributed by atoms with Gasteiger partial charge >= 0.3 is 5.97 Å². The molecule has 12 heteroatoms. The molecule has 8 nitrogen and oxygen atoms in total. The minimum atomic E-state index is -3.43. The predicted octanol–water partition coefficient (Wildman–Crippen LogP) is 3.09. The number of carbonyl (C=O) groups is 2. The molecular weight excluding hydrogens is 487 g/mol. The third-order valence-electron chi connectivity index (χ3n) is 4.06. The average molecular weight is 503 g/mol. The molecule has 31 heavy (non-hydrogen) atoms. The molecule has 0 aliphatic heterocycles. The third-order valence-corrected chi connectivity index (χ3v) is 6.74. The van der Waals surface area contributed by atoms with E-state index in [1.807, 2.05) is 0 Å². The van der Waals surface area contributed by atoms with Gasteiger partial charge in [-0.2, -0.15) is 4.99 Å².